The van der Waals surface area contributed by atoms with Crippen molar-refractivity contribution in [3.05, 3.63) is 101 Å². The van der Waals surface area contributed by atoms with Gasteiger partial charge in [-0.1, -0.05) is 66.2 Å². The molecule has 3 aromatic carbocycles. The second-order valence-electron chi connectivity index (χ2n) is 8.93. The van der Waals surface area contributed by atoms with Gasteiger partial charge in [-0.3, -0.25) is 9.59 Å². The van der Waals surface area contributed by atoms with Crippen molar-refractivity contribution in [1.29, 1.82) is 0 Å². The van der Waals surface area contributed by atoms with E-state index in [1.165, 1.54) is 23.1 Å². The Morgan fingerprint density at radius 1 is 0.949 bits per heavy atom. The highest BCUT2D eigenvalue weighted by molar-refractivity contribution is 8.00. The van der Waals surface area contributed by atoms with Crippen molar-refractivity contribution >= 4 is 51.6 Å². The first-order chi connectivity index (χ1) is 18.8. The van der Waals surface area contributed by atoms with Crippen LogP contribution in [-0.2, 0) is 20.7 Å². The standard InChI is InChI=1S/C31H30N2O4S2/c1-4-37-31(36)28-26(23-15-13-20(2)14-16-23)19-38-30(28)33-29(35)21(3)39-25-12-8-11-24(18-25)32-27(34)17-22-9-6-5-7-10-22/h5-16,18-19,21H,4,17H2,1-3H3,(H,32,34)(H,33,35). The van der Waals surface area contributed by atoms with E-state index in [-0.39, 0.29) is 24.8 Å². The van der Waals surface area contributed by atoms with Gasteiger partial charge in [0.1, 0.15) is 10.6 Å². The van der Waals surface area contributed by atoms with Crippen molar-refractivity contribution in [2.45, 2.75) is 37.3 Å². The number of thioether (sulfide) groups is 1. The van der Waals surface area contributed by atoms with Gasteiger partial charge in [-0.2, -0.15) is 0 Å². The van der Waals surface area contributed by atoms with E-state index in [1.807, 2.05) is 91.2 Å². The number of thiophene rings is 1. The first-order valence-electron chi connectivity index (χ1n) is 12.6. The van der Waals surface area contributed by atoms with E-state index in [1.54, 1.807) is 13.8 Å². The van der Waals surface area contributed by atoms with Crippen LogP contribution in [0.2, 0.25) is 0 Å². The van der Waals surface area contributed by atoms with Gasteiger partial charge < -0.3 is 15.4 Å². The molecule has 1 aromatic heterocycles. The van der Waals surface area contributed by atoms with Crippen LogP contribution in [0.5, 0.6) is 0 Å². The van der Waals surface area contributed by atoms with E-state index in [0.717, 1.165) is 27.1 Å². The number of hydrogen-bond acceptors (Lipinski definition) is 6. The van der Waals surface area contributed by atoms with Crippen molar-refractivity contribution < 1.29 is 19.1 Å². The number of hydrogen-bond donors (Lipinski definition) is 2. The Balaban J connectivity index is 1.44. The molecule has 0 bridgehead atoms. The van der Waals surface area contributed by atoms with Crippen LogP contribution in [0.3, 0.4) is 0 Å². The minimum atomic E-state index is -0.469. The van der Waals surface area contributed by atoms with Gasteiger partial charge >= 0.3 is 5.97 Å². The zero-order valence-corrected chi connectivity index (χ0v) is 23.7. The summed E-state index contributed by atoms with van der Waals surface area (Å²) in [5.74, 6) is -0.812. The highest BCUT2D eigenvalue weighted by Crippen LogP contribution is 2.37. The third-order valence-corrected chi connectivity index (χ3v) is 7.87. The van der Waals surface area contributed by atoms with Crippen LogP contribution in [-0.4, -0.2) is 29.6 Å². The van der Waals surface area contributed by atoms with Crippen LogP contribution in [0.25, 0.3) is 11.1 Å². The molecule has 0 radical (unpaired) electrons. The topological polar surface area (TPSA) is 84.5 Å². The molecule has 2 N–H and O–H groups in total. The smallest absolute Gasteiger partial charge is 0.341 e. The number of nitrogens with one attached hydrogen (secondary N) is 2. The van der Waals surface area contributed by atoms with E-state index in [2.05, 4.69) is 10.6 Å². The van der Waals surface area contributed by atoms with Crippen molar-refractivity contribution in [3.8, 4) is 11.1 Å². The molecule has 0 spiro atoms. The molecule has 0 aliphatic carbocycles. The molecule has 1 unspecified atom stereocenters. The Labute approximate surface area is 236 Å². The number of esters is 1. The predicted octanol–water partition coefficient (Wildman–Crippen LogP) is 7.20. The highest BCUT2D eigenvalue weighted by Gasteiger charge is 2.24. The molecule has 0 aliphatic rings. The maximum atomic E-state index is 13.2. The molecule has 200 valence electrons. The van der Waals surface area contributed by atoms with Crippen LogP contribution >= 0.6 is 23.1 Å². The third kappa shape index (κ3) is 7.59. The molecule has 39 heavy (non-hydrogen) atoms. The Morgan fingerprint density at radius 3 is 2.41 bits per heavy atom. The largest absolute Gasteiger partial charge is 0.462 e. The SMILES string of the molecule is CCOC(=O)c1c(-c2ccc(C)cc2)csc1NC(=O)C(C)Sc1cccc(NC(=O)Cc2ccccc2)c1. The first-order valence-corrected chi connectivity index (χ1v) is 14.4. The van der Waals surface area contributed by atoms with Gasteiger partial charge in [-0.15, -0.1) is 23.1 Å². The van der Waals surface area contributed by atoms with Crippen LogP contribution in [0, 0.1) is 6.92 Å². The first kappa shape index (κ1) is 28.1. The molecule has 0 saturated carbocycles. The number of amides is 2. The van der Waals surface area contributed by atoms with Gasteiger partial charge in [0.15, 0.2) is 0 Å². The van der Waals surface area contributed by atoms with Crippen molar-refractivity contribution in [3.63, 3.8) is 0 Å². The van der Waals surface area contributed by atoms with E-state index < -0.39 is 11.2 Å². The van der Waals surface area contributed by atoms with Crippen LogP contribution < -0.4 is 10.6 Å². The molecule has 2 amide bonds. The lowest BCUT2D eigenvalue weighted by Crippen LogP contribution is -2.23. The predicted molar refractivity (Wildman–Crippen MR) is 160 cm³/mol. The average molecular weight is 559 g/mol. The van der Waals surface area contributed by atoms with Crippen molar-refractivity contribution in [2.75, 3.05) is 17.2 Å². The molecule has 0 fully saturated rings. The number of ether oxygens (including phenoxy) is 1. The second kappa shape index (κ2) is 13.3. The van der Waals surface area contributed by atoms with Gasteiger partial charge in [0, 0.05) is 21.5 Å². The lowest BCUT2D eigenvalue weighted by molar-refractivity contribution is -0.116. The van der Waals surface area contributed by atoms with Crippen LogP contribution in [0.15, 0.2) is 89.1 Å². The van der Waals surface area contributed by atoms with Gasteiger partial charge in [0.2, 0.25) is 11.8 Å². The summed E-state index contributed by atoms with van der Waals surface area (Å²) < 4.78 is 5.31. The fourth-order valence-corrected chi connectivity index (χ4v) is 5.79. The molecule has 0 saturated heterocycles. The quantitative estimate of drug-likeness (QED) is 0.159. The number of carbonyl (C=O) groups excluding carboxylic acids is 3. The molecular weight excluding hydrogens is 528 g/mol. The molecule has 4 rings (SSSR count). The number of carbonyl (C=O) groups is 3. The van der Waals surface area contributed by atoms with E-state index >= 15 is 0 Å². The Bertz CT molecular complexity index is 1450. The van der Waals surface area contributed by atoms with Crippen molar-refractivity contribution in [1.82, 2.24) is 0 Å². The Kier molecular flexibility index (Phi) is 9.57. The Morgan fingerprint density at radius 2 is 1.69 bits per heavy atom. The molecule has 1 heterocycles. The Hall–Kier alpha value is -3.88. The van der Waals surface area contributed by atoms with Gasteiger partial charge in [-0.05, 0) is 50.1 Å². The summed E-state index contributed by atoms with van der Waals surface area (Å²) >= 11 is 2.67. The van der Waals surface area contributed by atoms with Gasteiger partial charge in [-0.25, -0.2) is 4.79 Å². The lowest BCUT2D eigenvalue weighted by atomic mass is 10.0. The number of rotatable bonds is 10. The van der Waals surface area contributed by atoms with Crippen LogP contribution in [0.1, 0.15) is 35.3 Å². The third-order valence-electron chi connectivity index (χ3n) is 5.88. The van der Waals surface area contributed by atoms with Crippen molar-refractivity contribution in [2.24, 2.45) is 0 Å². The maximum absolute atomic E-state index is 13.2. The zero-order chi connectivity index (χ0) is 27.8. The fraction of sp³-hybridized carbons (Fsp3) is 0.194. The minimum absolute atomic E-state index is 0.109. The van der Waals surface area contributed by atoms with E-state index in [9.17, 15) is 14.4 Å². The number of benzene rings is 3. The molecular formula is C31H30N2O4S2. The van der Waals surface area contributed by atoms with E-state index in [4.69, 9.17) is 4.74 Å². The normalized spacial score (nSPS) is 11.5. The van der Waals surface area contributed by atoms with Gasteiger partial charge in [0.25, 0.3) is 0 Å². The summed E-state index contributed by atoms with van der Waals surface area (Å²) in [5, 5.41) is 7.73. The minimum Gasteiger partial charge on any atom is -0.462 e. The molecule has 0 aliphatic heterocycles. The molecule has 4 aromatic rings. The fourth-order valence-electron chi connectivity index (χ4n) is 3.91. The summed E-state index contributed by atoms with van der Waals surface area (Å²) in [5.41, 5.74) is 4.69. The van der Waals surface area contributed by atoms with Crippen LogP contribution in [0.4, 0.5) is 10.7 Å². The zero-order valence-electron chi connectivity index (χ0n) is 22.0. The number of anilines is 2. The number of aryl methyl sites for hydroxylation is 1. The summed E-state index contributed by atoms with van der Waals surface area (Å²) in [6.07, 6.45) is 0.283. The summed E-state index contributed by atoms with van der Waals surface area (Å²) in [6.45, 7) is 5.80. The molecule has 1 atom stereocenters. The molecule has 8 heteroatoms. The monoisotopic (exact) mass is 558 g/mol. The molecule has 6 nitrogen and oxygen atoms in total. The van der Waals surface area contributed by atoms with E-state index in [0.29, 0.717) is 16.3 Å². The summed E-state index contributed by atoms with van der Waals surface area (Å²) in [7, 11) is 0. The summed E-state index contributed by atoms with van der Waals surface area (Å²) in [6, 6.07) is 24.8. The summed E-state index contributed by atoms with van der Waals surface area (Å²) in [4.78, 5) is 39.3. The highest BCUT2D eigenvalue weighted by atomic mass is 32.2. The maximum Gasteiger partial charge on any atom is 0.341 e. The lowest BCUT2D eigenvalue weighted by Gasteiger charge is -2.14. The average Bonchev–Trinajstić information content (AvgIpc) is 3.33. The van der Waals surface area contributed by atoms with Gasteiger partial charge in [0.05, 0.1) is 18.3 Å². The second-order valence-corrected chi connectivity index (χ2v) is 11.2.